The number of nitrogens with one attached hydrogen (secondary N) is 1. The number of aryl methyl sites for hydroxylation is 2. The van der Waals surface area contributed by atoms with E-state index in [9.17, 15) is 4.79 Å². The number of rotatable bonds is 6. The molecule has 1 amide bonds. The number of carbonyl (C=O) groups is 1. The van der Waals surface area contributed by atoms with Crippen LogP contribution in [0.15, 0.2) is 47.8 Å². The molecule has 25 heavy (non-hydrogen) atoms. The number of nitrogens with zero attached hydrogens (tertiary/aromatic N) is 2. The lowest BCUT2D eigenvalue weighted by Gasteiger charge is -2.19. The van der Waals surface area contributed by atoms with E-state index in [0.29, 0.717) is 11.6 Å². The van der Waals surface area contributed by atoms with Gasteiger partial charge in [0.15, 0.2) is 0 Å². The quantitative estimate of drug-likeness (QED) is 0.705. The average molecular weight is 374 g/mol. The van der Waals surface area contributed by atoms with Gasteiger partial charge in [0.1, 0.15) is 6.04 Å². The summed E-state index contributed by atoms with van der Waals surface area (Å²) >= 11 is 7.81. The molecule has 1 atom stereocenters. The van der Waals surface area contributed by atoms with Crippen molar-refractivity contribution < 1.29 is 4.79 Å². The largest absolute Gasteiger partial charge is 0.353 e. The molecule has 3 aromatic rings. The number of hydrogen-bond acceptors (Lipinski definition) is 3. The summed E-state index contributed by atoms with van der Waals surface area (Å²) in [5.41, 5.74) is 2.89. The topological polar surface area (TPSA) is 46.9 Å². The zero-order valence-electron chi connectivity index (χ0n) is 14.2. The third-order valence-electron chi connectivity index (χ3n) is 4.01. The Morgan fingerprint density at radius 1 is 1.28 bits per heavy atom. The highest BCUT2D eigenvalue weighted by Gasteiger charge is 2.19. The maximum absolute atomic E-state index is 12.4. The van der Waals surface area contributed by atoms with Gasteiger partial charge in [-0.25, -0.2) is 0 Å². The molecule has 0 saturated carbocycles. The van der Waals surface area contributed by atoms with Gasteiger partial charge in [0.25, 0.3) is 0 Å². The third-order valence-corrected chi connectivity index (χ3v) is 5.36. The van der Waals surface area contributed by atoms with E-state index in [1.165, 1.54) is 4.88 Å². The minimum atomic E-state index is -0.0452. The smallest absolute Gasteiger partial charge is 0.224 e. The lowest BCUT2D eigenvalue weighted by atomic mass is 10.1. The van der Waals surface area contributed by atoms with Crippen molar-refractivity contribution in [3.05, 3.63) is 74.7 Å². The van der Waals surface area contributed by atoms with Crippen LogP contribution in [0.25, 0.3) is 0 Å². The second kappa shape index (κ2) is 7.85. The van der Waals surface area contributed by atoms with Crippen molar-refractivity contribution in [1.29, 1.82) is 0 Å². The molecule has 0 radical (unpaired) electrons. The van der Waals surface area contributed by atoms with Crippen molar-refractivity contribution in [2.75, 3.05) is 6.54 Å². The molecule has 4 nitrogen and oxygen atoms in total. The molecule has 0 saturated heterocycles. The molecule has 0 unspecified atom stereocenters. The van der Waals surface area contributed by atoms with Crippen molar-refractivity contribution in [3.63, 3.8) is 0 Å². The number of carbonyl (C=O) groups excluding carboxylic acids is 1. The Hall–Kier alpha value is -2.11. The summed E-state index contributed by atoms with van der Waals surface area (Å²) in [5.74, 6) is -0.0452. The Bertz CT molecular complexity index is 857. The van der Waals surface area contributed by atoms with E-state index >= 15 is 0 Å². The van der Waals surface area contributed by atoms with Gasteiger partial charge in [0, 0.05) is 22.1 Å². The van der Waals surface area contributed by atoms with Crippen LogP contribution in [0.2, 0.25) is 5.02 Å². The second-order valence-electron chi connectivity index (χ2n) is 5.98. The highest BCUT2D eigenvalue weighted by atomic mass is 35.5. The van der Waals surface area contributed by atoms with E-state index in [1.54, 1.807) is 17.4 Å². The normalized spacial score (nSPS) is 12.1. The van der Waals surface area contributed by atoms with Gasteiger partial charge in [-0.3, -0.25) is 9.48 Å². The molecule has 2 aromatic heterocycles. The van der Waals surface area contributed by atoms with Crippen molar-refractivity contribution in [2.24, 2.45) is 0 Å². The number of aromatic nitrogens is 2. The van der Waals surface area contributed by atoms with Crippen LogP contribution >= 0.6 is 22.9 Å². The van der Waals surface area contributed by atoms with Crippen LogP contribution in [0.5, 0.6) is 0 Å². The molecule has 0 spiro atoms. The van der Waals surface area contributed by atoms with Gasteiger partial charge in [-0.15, -0.1) is 11.3 Å². The fourth-order valence-corrected chi connectivity index (χ4v) is 3.85. The van der Waals surface area contributed by atoms with Gasteiger partial charge in [0.05, 0.1) is 12.1 Å². The number of thiophene rings is 1. The van der Waals surface area contributed by atoms with Gasteiger partial charge >= 0.3 is 0 Å². The number of halogens is 1. The molecule has 6 heteroatoms. The SMILES string of the molecule is Cc1cc(C)n([C@H](CNC(=O)Cc2ccccc2Cl)c2cccs2)n1. The summed E-state index contributed by atoms with van der Waals surface area (Å²) in [5, 5.41) is 10.3. The van der Waals surface area contributed by atoms with Crippen LogP contribution in [0.3, 0.4) is 0 Å². The zero-order valence-corrected chi connectivity index (χ0v) is 15.8. The van der Waals surface area contributed by atoms with Crippen LogP contribution in [0.4, 0.5) is 0 Å². The van der Waals surface area contributed by atoms with E-state index < -0.39 is 0 Å². The van der Waals surface area contributed by atoms with Crippen molar-refractivity contribution in [3.8, 4) is 0 Å². The first kappa shape index (κ1) is 17.7. The highest BCUT2D eigenvalue weighted by molar-refractivity contribution is 7.10. The summed E-state index contributed by atoms with van der Waals surface area (Å²) < 4.78 is 1.98. The molecule has 0 bridgehead atoms. The van der Waals surface area contributed by atoms with E-state index in [1.807, 2.05) is 54.2 Å². The van der Waals surface area contributed by atoms with Crippen molar-refractivity contribution in [1.82, 2.24) is 15.1 Å². The Kier molecular flexibility index (Phi) is 5.56. The Morgan fingerprint density at radius 2 is 2.08 bits per heavy atom. The lowest BCUT2D eigenvalue weighted by Crippen LogP contribution is -2.32. The number of benzene rings is 1. The molecule has 0 aliphatic heterocycles. The Balaban J connectivity index is 1.72. The van der Waals surface area contributed by atoms with Crippen molar-refractivity contribution in [2.45, 2.75) is 26.3 Å². The highest BCUT2D eigenvalue weighted by Crippen LogP contribution is 2.24. The molecule has 0 aliphatic rings. The van der Waals surface area contributed by atoms with Crippen LogP contribution in [-0.4, -0.2) is 22.2 Å². The molecule has 130 valence electrons. The molecular formula is C19H20ClN3OS. The maximum Gasteiger partial charge on any atom is 0.224 e. The summed E-state index contributed by atoms with van der Waals surface area (Å²) in [6, 6.07) is 13.6. The minimum Gasteiger partial charge on any atom is -0.353 e. The molecule has 2 heterocycles. The first-order valence-electron chi connectivity index (χ1n) is 8.11. The van der Waals surface area contributed by atoms with Gasteiger partial charge in [-0.05, 0) is 43.0 Å². The third kappa shape index (κ3) is 4.30. The summed E-state index contributed by atoms with van der Waals surface area (Å²) in [6.07, 6.45) is 0.272. The maximum atomic E-state index is 12.4. The lowest BCUT2D eigenvalue weighted by molar-refractivity contribution is -0.120. The van der Waals surface area contributed by atoms with Crippen molar-refractivity contribution >= 4 is 28.8 Å². The summed E-state index contributed by atoms with van der Waals surface area (Å²) in [7, 11) is 0. The fraction of sp³-hybridized carbons (Fsp3) is 0.263. The molecule has 1 aromatic carbocycles. The van der Waals surface area contributed by atoms with E-state index in [0.717, 1.165) is 17.0 Å². The average Bonchev–Trinajstić information content (AvgIpc) is 3.20. The Morgan fingerprint density at radius 3 is 2.72 bits per heavy atom. The zero-order chi connectivity index (χ0) is 17.8. The number of hydrogen-bond donors (Lipinski definition) is 1. The molecule has 1 N–H and O–H groups in total. The van der Waals surface area contributed by atoms with E-state index in [2.05, 4.69) is 16.5 Å². The molecule has 0 fully saturated rings. The second-order valence-corrected chi connectivity index (χ2v) is 7.36. The van der Waals surface area contributed by atoms with Crippen LogP contribution in [-0.2, 0) is 11.2 Å². The van der Waals surface area contributed by atoms with Gasteiger partial charge in [0.2, 0.25) is 5.91 Å². The number of amides is 1. The van der Waals surface area contributed by atoms with Gasteiger partial charge < -0.3 is 5.32 Å². The predicted octanol–water partition coefficient (Wildman–Crippen LogP) is 4.16. The first-order chi connectivity index (χ1) is 12.0. The molecule has 0 aliphatic carbocycles. The van der Waals surface area contributed by atoms with Crippen LogP contribution < -0.4 is 5.32 Å². The van der Waals surface area contributed by atoms with E-state index in [-0.39, 0.29) is 18.4 Å². The van der Waals surface area contributed by atoms with Gasteiger partial charge in [-0.2, -0.15) is 5.10 Å². The van der Waals surface area contributed by atoms with Gasteiger partial charge in [-0.1, -0.05) is 35.9 Å². The molecule has 3 rings (SSSR count). The predicted molar refractivity (Wildman–Crippen MR) is 102 cm³/mol. The van der Waals surface area contributed by atoms with E-state index in [4.69, 9.17) is 11.6 Å². The standard InChI is InChI=1S/C19H20ClN3OS/c1-13-10-14(2)23(22-13)17(18-8-5-9-25-18)12-21-19(24)11-15-6-3-4-7-16(15)20/h3-10,17H,11-12H2,1-2H3,(H,21,24)/t17-/m1/s1. The minimum absolute atomic E-state index is 0.0103. The van der Waals surface area contributed by atoms with Crippen LogP contribution in [0.1, 0.15) is 27.9 Å². The van der Waals surface area contributed by atoms with Crippen LogP contribution in [0, 0.1) is 13.8 Å². The fourth-order valence-electron chi connectivity index (χ4n) is 2.84. The monoisotopic (exact) mass is 373 g/mol. The summed E-state index contributed by atoms with van der Waals surface area (Å²) in [4.78, 5) is 13.5. The Labute approximate surface area is 156 Å². The molecular weight excluding hydrogens is 354 g/mol. The summed E-state index contributed by atoms with van der Waals surface area (Å²) in [6.45, 7) is 4.50. The first-order valence-corrected chi connectivity index (χ1v) is 9.36.